The number of piperazine rings is 1. The Bertz CT molecular complexity index is 1000. The number of anilines is 1. The quantitative estimate of drug-likeness (QED) is 0.648. The van der Waals surface area contributed by atoms with E-state index in [-0.39, 0.29) is 18.1 Å². The van der Waals surface area contributed by atoms with E-state index in [9.17, 15) is 9.18 Å². The highest BCUT2D eigenvalue weighted by Crippen LogP contribution is 2.24. The number of ether oxygens (including phenoxy) is 1. The minimum absolute atomic E-state index is 0.0493. The van der Waals surface area contributed by atoms with E-state index < -0.39 is 0 Å². The number of halogens is 1. The van der Waals surface area contributed by atoms with Crippen molar-refractivity contribution >= 4 is 11.7 Å². The number of carbonyl (C=O) groups excluding carboxylic acids is 1. The number of hydrogen-bond acceptors (Lipinski definition) is 5. The first-order valence-electron chi connectivity index (χ1n) is 9.92. The minimum Gasteiger partial charge on any atom is -0.439 e. The number of carbonyl (C=O) groups is 1. The number of benzene rings is 2. The van der Waals surface area contributed by atoms with Gasteiger partial charge in [-0.2, -0.15) is 4.98 Å². The van der Waals surface area contributed by atoms with Gasteiger partial charge in [-0.3, -0.25) is 4.79 Å². The Kier molecular flexibility index (Phi) is 5.88. The van der Waals surface area contributed by atoms with Gasteiger partial charge in [0.05, 0.1) is 6.42 Å². The van der Waals surface area contributed by atoms with Gasteiger partial charge in [-0.15, -0.1) is 0 Å². The fourth-order valence-electron chi connectivity index (χ4n) is 3.42. The summed E-state index contributed by atoms with van der Waals surface area (Å²) in [5.41, 5.74) is 0.818. The van der Waals surface area contributed by atoms with E-state index in [1.165, 1.54) is 12.1 Å². The zero-order valence-corrected chi connectivity index (χ0v) is 16.8. The molecule has 154 valence electrons. The normalized spacial score (nSPS) is 13.9. The zero-order chi connectivity index (χ0) is 20.9. The zero-order valence-electron chi connectivity index (χ0n) is 16.8. The third kappa shape index (κ3) is 4.92. The highest BCUT2D eigenvalue weighted by atomic mass is 19.1. The molecule has 0 N–H and O–H groups in total. The van der Waals surface area contributed by atoms with Crippen molar-refractivity contribution in [2.45, 2.75) is 13.3 Å². The lowest BCUT2D eigenvalue weighted by Crippen LogP contribution is -2.49. The van der Waals surface area contributed by atoms with Crippen LogP contribution in [0.4, 0.5) is 10.2 Å². The average molecular weight is 406 g/mol. The van der Waals surface area contributed by atoms with Gasteiger partial charge in [0.2, 0.25) is 11.8 Å². The molecule has 4 rings (SSSR count). The van der Waals surface area contributed by atoms with Crippen molar-refractivity contribution in [3.05, 3.63) is 77.9 Å². The van der Waals surface area contributed by atoms with Gasteiger partial charge in [0.15, 0.2) is 0 Å². The first-order valence-corrected chi connectivity index (χ1v) is 9.92. The van der Waals surface area contributed by atoms with Crippen LogP contribution in [-0.4, -0.2) is 47.0 Å². The van der Waals surface area contributed by atoms with Crippen molar-refractivity contribution in [3.8, 4) is 11.6 Å². The third-order valence-electron chi connectivity index (χ3n) is 4.99. The van der Waals surface area contributed by atoms with Gasteiger partial charge in [0.1, 0.15) is 23.2 Å². The van der Waals surface area contributed by atoms with Crippen molar-refractivity contribution in [2.24, 2.45) is 0 Å². The highest BCUT2D eigenvalue weighted by molar-refractivity contribution is 5.79. The fraction of sp³-hybridized carbons (Fsp3) is 0.261. The van der Waals surface area contributed by atoms with Gasteiger partial charge in [-0.05, 0) is 36.8 Å². The van der Waals surface area contributed by atoms with Crippen molar-refractivity contribution in [1.82, 2.24) is 14.9 Å². The van der Waals surface area contributed by atoms with Crippen LogP contribution in [0.15, 0.2) is 60.7 Å². The van der Waals surface area contributed by atoms with Crippen LogP contribution in [0.5, 0.6) is 11.6 Å². The SMILES string of the molecule is Cc1nc(Oc2ccccc2)cc(N2CCN(C(=O)Cc3ccc(F)cc3)CC2)n1. The van der Waals surface area contributed by atoms with Crippen LogP contribution in [0, 0.1) is 12.7 Å². The van der Waals surface area contributed by atoms with Gasteiger partial charge >= 0.3 is 0 Å². The van der Waals surface area contributed by atoms with Crippen LogP contribution in [0.1, 0.15) is 11.4 Å². The largest absolute Gasteiger partial charge is 0.439 e. The predicted molar refractivity (Wildman–Crippen MR) is 112 cm³/mol. The molecule has 6 nitrogen and oxygen atoms in total. The van der Waals surface area contributed by atoms with E-state index >= 15 is 0 Å². The minimum atomic E-state index is -0.296. The van der Waals surface area contributed by atoms with Crippen molar-refractivity contribution in [2.75, 3.05) is 31.1 Å². The molecule has 30 heavy (non-hydrogen) atoms. The Morgan fingerprint density at radius 1 is 1.00 bits per heavy atom. The maximum absolute atomic E-state index is 13.0. The molecule has 2 heterocycles. The Morgan fingerprint density at radius 2 is 1.70 bits per heavy atom. The summed E-state index contributed by atoms with van der Waals surface area (Å²) < 4.78 is 18.9. The number of hydrogen-bond donors (Lipinski definition) is 0. The van der Waals surface area contributed by atoms with Crippen LogP contribution in [-0.2, 0) is 11.2 Å². The number of aryl methyl sites for hydroxylation is 1. The second kappa shape index (κ2) is 8.90. The van der Waals surface area contributed by atoms with Crippen LogP contribution >= 0.6 is 0 Å². The monoisotopic (exact) mass is 406 g/mol. The van der Waals surface area contributed by atoms with Crippen LogP contribution in [0.3, 0.4) is 0 Å². The lowest BCUT2D eigenvalue weighted by atomic mass is 10.1. The maximum atomic E-state index is 13.0. The summed E-state index contributed by atoms with van der Waals surface area (Å²) in [6.45, 7) is 4.41. The first-order chi connectivity index (χ1) is 14.6. The number of amides is 1. The molecule has 0 atom stereocenters. The van der Waals surface area contributed by atoms with E-state index in [1.807, 2.05) is 48.2 Å². The third-order valence-corrected chi connectivity index (χ3v) is 4.99. The Labute approximate surface area is 174 Å². The summed E-state index contributed by atoms with van der Waals surface area (Å²) in [5, 5.41) is 0. The van der Waals surface area contributed by atoms with Crippen LogP contribution in [0.25, 0.3) is 0 Å². The van der Waals surface area contributed by atoms with Gasteiger partial charge in [0, 0.05) is 32.2 Å². The second-order valence-electron chi connectivity index (χ2n) is 7.20. The molecule has 7 heteroatoms. The molecule has 0 spiro atoms. The molecule has 0 aliphatic carbocycles. The fourth-order valence-corrected chi connectivity index (χ4v) is 3.42. The molecule has 0 bridgehead atoms. The molecular formula is C23H23FN4O2. The molecule has 1 saturated heterocycles. The molecule has 1 aliphatic heterocycles. The molecule has 0 radical (unpaired) electrons. The summed E-state index contributed by atoms with van der Waals surface area (Å²) in [6.07, 6.45) is 0.280. The number of para-hydroxylation sites is 1. The smallest absolute Gasteiger partial charge is 0.227 e. The van der Waals surface area contributed by atoms with E-state index in [0.29, 0.717) is 37.9 Å². The second-order valence-corrected chi connectivity index (χ2v) is 7.20. The molecule has 1 aliphatic rings. The number of aromatic nitrogens is 2. The van der Waals surface area contributed by atoms with Crippen LogP contribution in [0.2, 0.25) is 0 Å². The van der Waals surface area contributed by atoms with Crippen molar-refractivity contribution < 1.29 is 13.9 Å². The molecule has 0 unspecified atom stereocenters. The van der Waals surface area contributed by atoms with E-state index in [2.05, 4.69) is 14.9 Å². The van der Waals surface area contributed by atoms with Gasteiger partial charge in [-0.25, -0.2) is 9.37 Å². The van der Waals surface area contributed by atoms with Gasteiger partial charge in [0.25, 0.3) is 0 Å². The summed E-state index contributed by atoms with van der Waals surface area (Å²) in [4.78, 5) is 25.5. The summed E-state index contributed by atoms with van der Waals surface area (Å²) >= 11 is 0. The van der Waals surface area contributed by atoms with E-state index in [1.54, 1.807) is 12.1 Å². The summed E-state index contributed by atoms with van der Waals surface area (Å²) in [7, 11) is 0. The Balaban J connectivity index is 1.37. The predicted octanol–water partition coefficient (Wildman–Crippen LogP) is 3.61. The van der Waals surface area contributed by atoms with Gasteiger partial charge < -0.3 is 14.5 Å². The molecule has 0 saturated carbocycles. The number of rotatable bonds is 5. The molecule has 1 amide bonds. The first kappa shape index (κ1) is 19.8. The lowest BCUT2D eigenvalue weighted by molar-refractivity contribution is -0.130. The topological polar surface area (TPSA) is 58.6 Å². The van der Waals surface area contributed by atoms with E-state index in [0.717, 1.165) is 17.1 Å². The standard InChI is InChI=1S/C23H23FN4O2/c1-17-25-21(16-22(26-17)30-20-5-3-2-4-6-20)27-11-13-28(14-12-27)23(29)15-18-7-9-19(24)10-8-18/h2-10,16H,11-15H2,1H3. The Morgan fingerprint density at radius 3 is 2.40 bits per heavy atom. The van der Waals surface area contributed by atoms with E-state index in [4.69, 9.17) is 4.74 Å². The summed E-state index contributed by atoms with van der Waals surface area (Å²) in [5.74, 6) is 2.40. The van der Waals surface area contributed by atoms with Crippen molar-refractivity contribution in [1.29, 1.82) is 0 Å². The molecule has 1 aromatic heterocycles. The number of nitrogens with zero attached hydrogens (tertiary/aromatic N) is 4. The van der Waals surface area contributed by atoms with Gasteiger partial charge in [-0.1, -0.05) is 30.3 Å². The molecule has 3 aromatic rings. The summed E-state index contributed by atoms with van der Waals surface area (Å²) in [6, 6.07) is 17.4. The lowest BCUT2D eigenvalue weighted by Gasteiger charge is -2.35. The highest BCUT2D eigenvalue weighted by Gasteiger charge is 2.23. The van der Waals surface area contributed by atoms with Crippen molar-refractivity contribution in [3.63, 3.8) is 0 Å². The molecule has 2 aromatic carbocycles. The average Bonchev–Trinajstić information content (AvgIpc) is 2.76. The maximum Gasteiger partial charge on any atom is 0.227 e. The molecule has 1 fully saturated rings. The molecular weight excluding hydrogens is 383 g/mol. The van der Waals surface area contributed by atoms with Crippen LogP contribution < -0.4 is 9.64 Å². The Hall–Kier alpha value is -3.48.